The molecule has 4 aliphatic rings. The fraction of sp³-hybridized carbons (Fsp3) is 0.963. The SMILES string of the molecule is CC[C@@H]1C2C[C@H](O)CCC2(C)[C@H]2CCC3(C)C([C@H](C)CCC(=O)NS(C)(=O)=O)CC[C@H]3C2[C@@H]1O. The van der Waals surface area contributed by atoms with Gasteiger partial charge in [0.15, 0.2) is 0 Å². The molecule has 1 amide bonds. The van der Waals surface area contributed by atoms with E-state index in [2.05, 4.69) is 32.4 Å². The smallest absolute Gasteiger partial charge is 0.233 e. The van der Waals surface area contributed by atoms with Crippen molar-refractivity contribution in [2.24, 2.45) is 52.3 Å². The number of aliphatic hydroxyl groups is 2. The normalized spacial score (nSPS) is 47.3. The van der Waals surface area contributed by atoms with Gasteiger partial charge in [0.1, 0.15) is 0 Å². The third-order valence-electron chi connectivity index (χ3n) is 11.3. The number of sulfonamides is 1. The van der Waals surface area contributed by atoms with Gasteiger partial charge in [0, 0.05) is 6.42 Å². The third kappa shape index (κ3) is 4.47. The van der Waals surface area contributed by atoms with Gasteiger partial charge in [-0.1, -0.05) is 34.1 Å². The van der Waals surface area contributed by atoms with Gasteiger partial charge < -0.3 is 10.2 Å². The summed E-state index contributed by atoms with van der Waals surface area (Å²) < 4.78 is 24.8. The molecule has 4 aliphatic carbocycles. The van der Waals surface area contributed by atoms with Crippen LogP contribution in [-0.4, -0.2) is 43.0 Å². The van der Waals surface area contributed by atoms with Gasteiger partial charge in [0.05, 0.1) is 18.5 Å². The molecule has 0 aliphatic heterocycles. The zero-order chi connectivity index (χ0) is 25.1. The lowest BCUT2D eigenvalue weighted by molar-refractivity contribution is -0.203. The van der Waals surface area contributed by atoms with Crippen LogP contribution in [0.3, 0.4) is 0 Å². The van der Waals surface area contributed by atoms with E-state index in [1.807, 2.05) is 0 Å². The van der Waals surface area contributed by atoms with Crippen LogP contribution < -0.4 is 4.72 Å². The molecule has 34 heavy (non-hydrogen) atoms. The maximum absolute atomic E-state index is 12.1. The molecule has 0 saturated heterocycles. The van der Waals surface area contributed by atoms with Gasteiger partial charge in [0.25, 0.3) is 0 Å². The van der Waals surface area contributed by atoms with Crippen LogP contribution in [0.5, 0.6) is 0 Å². The van der Waals surface area contributed by atoms with Crippen LogP contribution in [0.2, 0.25) is 0 Å². The van der Waals surface area contributed by atoms with Gasteiger partial charge in [-0.15, -0.1) is 0 Å². The second-order valence-electron chi connectivity index (χ2n) is 12.9. The average Bonchev–Trinajstić information content (AvgIpc) is 3.09. The van der Waals surface area contributed by atoms with Crippen molar-refractivity contribution < 1.29 is 23.4 Å². The van der Waals surface area contributed by atoms with Gasteiger partial charge in [-0.25, -0.2) is 8.42 Å². The summed E-state index contributed by atoms with van der Waals surface area (Å²) in [5, 5.41) is 22.2. The van der Waals surface area contributed by atoms with Crippen molar-refractivity contribution in [3.8, 4) is 0 Å². The number of fused-ring (bicyclic) bond motifs is 5. The number of carbonyl (C=O) groups excluding carboxylic acids is 1. The van der Waals surface area contributed by atoms with Crippen LogP contribution in [0.1, 0.15) is 91.9 Å². The van der Waals surface area contributed by atoms with E-state index in [-0.39, 0.29) is 35.4 Å². The predicted octanol–water partition coefficient (Wildman–Crippen LogP) is 4.11. The first kappa shape index (κ1) is 26.4. The van der Waals surface area contributed by atoms with Gasteiger partial charge in [-0.3, -0.25) is 9.52 Å². The highest BCUT2D eigenvalue weighted by atomic mass is 32.2. The second-order valence-corrected chi connectivity index (χ2v) is 14.7. The van der Waals surface area contributed by atoms with Crippen LogP contribution in [-0.2, 0) is 14.8 Å². The molecule has 11 atom stereocenters. The summed E-state index contributed by atoms with van der Waals surface area (Å²) in [6, 6.07) is 0. The van der Waals surface area contributed by atoms with Crippen molar-refractivity contribution in [1.82, 2.24) is 4.72 Å². The highest BCUT2D eigenvalue weighted by Crippen LogP contribution is 2.69. The number of amides is 1. The Morgan fingerprint density at radius 3 is 2.32 bits per heavy atom. The molecule has 0 aromatic carbocycles. The maximum Gasteiger partial charge on any atom is 0.233 e. The van der Waals surface area contributed by atoms with Crippen molar-refractivity contribution in [3.63, 3.8) is 0 Å². The number of rotatable bonds is 6. The van der Waals surface area contributed by atoms with E-state index in [1.54, 1.807) is 0 Å². The van der Waals surface area contributed by atoms with E-state index in [1.165, 1.54) is 0 Å². The summed E-state index contributed by atoms with van der Waals surface area (Å²) >= 11 is 0. The number of aliphatic hydroxyl groups excluding tert-OH is 2. The molecular formula is C27H47NO5S. The summed E-state index contributed by atoms with van der Waals surface area (Å²) in [5.41, 5.74) is 0.364. The molecule has 3 N–H and O–H groups in total. The van der Waals surface area contributed by atoms with Gasteiger partial charge in [-0.05, 0) is 104 Å². The average molecular weight is 498 g/mol. The molecule has 4 saturated carbocycles. The lowest BCUT2D eigenvalue weighted by Gasteiger charge is -2.64. The van der Waals surface area contributed by atoms with E-state index < -0.39 is 15.9 Å². The van der Waals surface area contributed by atoms with Gasteiger partial charge in [-0.2, -0.15) is 0 Å². The molecule has 0 bridgehead atoms. The molecule has 0 aromatic heterocycles. The van der Waals surface area contributed by atoms with E-state index in [9.17, 15) is 23.4 Å². The molecule has 0 aromatic rings. The largest absolute Gasteiger partial charge is 0.393 e. The second kappa shape index (κ2) is 9.33. The first-order valence-corrected chi connectivity index (χ1v) is 15.6. The Balaban J connectivity index is 1.52. The van der Waals surface area contributed by atoms with Gasteiger partial charge >= 0.3 is 0 Å². The first-order chi connectivity index (χ1) is 15.8. The van der Waals surface area contributed by atoms with Crippen LogP contribution in [0, 0.1) is 52.3 Å². The minimum absolute atomic E-state index is 0.157. The molecular weight excluding hydrogens is 450 g/mol. The van der Waals surface area contributed by atoms with Crippen molar-refractivity contribution in [3.05, 3.63) is 0 Å². The molecule has 6 nitrogen and oxygen atoms in total. The number of carbonyl (C=O) groups is 1. The Hall–Kier alpha value is -0.660. The van der Waals surface area contributed by atoms with Gasteiger partial charge in [0.2, 0.25) is 15.9 Å². The molecule has 7 heteroatoms. The number of nitrogens with one attached hydrogen (secondary N) is 1. The lowest BCUT2D eigenvalue weighted by atomic mass is 9.41. The Kier molecular flexibility index (Phi) is 7.25. The minimum Gasteiger partial charge on any atom is -0.393 e. The van der Waals surface area contributed by atoms with E-state index in [4.69, 9.17) is 0 Å². The summed E-state index contributed by atoms with van der Waals surface area (Å²) in [6.07, 6.45) is 9.78. The van der Waals surface area contributed by atoms with Crippen molar-refractivity contribution in [1.29, 1.82) is 0 Å². The Morgan fingerprint density at radius 1 is 1.03 bits per heavy atom. The molecule has 5 unspecified atom stereocenters. The van der Waals surface area contributed by atoms with Crippen LogP contribution in [0.25, 0.3) is 0 Å². The molecule has 4 rings (SSSR count). The predicted molar refractivity (Wildman–Crippen MR) is 133 cm³/mol. The first-order valence-electron chi connectivity index (χ1n) is 13.7. The highest BCUT2D eigenvalue weighted by molar-refractivity contribution is 7.89. The Morgan fingerprint density at radius 2 is 1.68 bits per heavy atom. The quantitative estimate of drug-likeness (QED) is 0.512. The van der Waals surface area contributed by atoms with E-state index in [0.717, 1.165) is 57.6 Å². The highest BCUT2D eigenvalue weighted by Gasteiger charge is 2.64. The van der Waals surface area contributed by atoms with Crippen LogP contribution >= 0.6 is 0 Å². The summed E-state index contributed by atoms with van der Waals surface area (Å²) in [7, 11) is -3.51. The maximum atomic E-state index is 12.1. The molecule has 0 radical (unpaired) electrons. The van der Waals surface area contributed by atoms with Crippen LogP contribution in [0.4, 0.5) is 0 Å². The molecule has 0 spiro atoms. The zero-order valence-electron chi connectivity index (χ0n) is 21.8. The van der Waals surface area contributed by atoms with Crippen molar-refractivity contribution in [2.45, 2.75) is 104 Å². The van der Waals surface area contributed by atoms with E-state index >= 15 is 0 Å². The van der Waals surface area contributed by atoms with Crippen LogP contribution in [0.15, 0.2) is 0 Å². The fourth-order valence-electron chi connectivity index (χ4n) is 9.75. The Bertz CT molecular complexity index is 876. The standard InChI is InChI=1S/C27H47NO5S/c1-6-18-22-15-17(29)11-13-27(22,4)21-12-14-26(3)19(8-9-20(26)24(21)25(18)31)16(2)7-10-23(30)28-34(5,32)33/h16-22,24-25,29,31H,6-15H2,1-5H3,(H,28,30)/t16-,17-,18-,19?,20+,21+,22?,24?,25-,26?,27?/m1/s1. The summed E-state index contributed by atoms with van der Waals surface area (Å²) in [6.45, 7) is 9.34. The lowest BCUT2D eigenvalue weighted by Crippen LogP contribution is -2.62. The summed E-state index contributed by atoms with van der Waals surface area (Å²) in [5.74, 6) is 2.44. The third-order valence-corrected chi connectivity index (χ3v) is 11.9. The zero-order valence-corrected chi connectivity index (χ0v) is 22.6. The minimum atomic E-state index is -3.51. The monoisotopic (exact) mass is 497 g/mol. The molecule has 196 valence electrons. The van der Waals surface area contributed by atoms with Crippen molar-refractivity contribution >= 4 is 15.9 Å². The summed E-state index contributed by atoms with van der Waals surface area (Å²) in [4.78, 5) is 12.1. The topological polar surface area (TPSA) is 104 Å². The molecule has 4 fully saturated rings. The number of hydrogen-bond acceptors (Lipinski definition) is 5. The number of hydrogen-bond donors (Lipinski definition) is 3. The molecule has 0 heterocycles. The fourth-order valence-corrected chi connectivity index (χ4v) is 10.3. The Labute approximate surface area is 206 Å². The van der Waals surface area contributed by atoms with E-state index in [0.29, 0.717) is 41.9 Å². The van der Waals surface area contributed by atoms with Crippen molar-refractivity contribution in [2.75, 3.05) is 6.26 Å².